The minimum absolute atomic E-state index is 0.0866. The third-order valence-electron chi connectivity index (χ3n) is 3.77. The van der Waals surface area contributed by atoms with Crippen LogP contribution in [0.1, 0.15) is 46.0 Å². The lowest BCUT2D eigenvalue weighted by molar-refractivity contribution is -0.141. The van der Waals surface area contributed by atoms with Gasteiger partial charge in [0, 0.05) is 25.0 Å². The van der Waals surface area contributed by atoms with Crippen LogP contribution < -0.4 is 16.0 Å². The highest BCUT2D eigenvalue weighted by atomic mass is 16.4. The topological polar surface area (TPSA) is 108 Å². The molecule has 3 unspecified atom stereocenters. The summed E-state index contributed by atoms with van der Waals surface area (Å²) in [7, 11) is 0. The molecule has 4 N–H and O–H groups in total. The summed E-state index contributed by atoms with van der Waals surface area (Å²) in [6.07, 6.45) is 2.85. The van der Waals surface area contributed by atoms with Gasteiger partial charge in [0.15, 0.2) is 0 Å². The monoisotopic (exact) mass is 299 g/mol. The first-order chi connectivity index (χ1) is 9.92. The molecule has 1 aliphatic carbocycles. The zero-order valence-corrected chi connectivity index (χ0v) is 12.6. The fourth-order valence-corrected chi connectivity index (χ4v) is 2.31. The summed E-state index contributed by atoms with van der Waals surface area (Å²) >= 11 is 0. The van der Waals surface area contributed by atoms with Crippen LogP contribution in [0.15, 0.2) is 0 Å². The number of aliphatic carboxylic acids is 1. The van der Waals surface area contributed by atoms with E-state index in [1.807, 2.05) is 13.8 Å². The van der Waals surface area contributed by atoms with Crippen LogP contribution in [0.2, 0.25) is 0 Å². The summed E-state index contributed by atoms with van der Waals surface area (Å²) in [6, 6.07) is -0.305. The standard InChI is InChI=1S/C14H25N3O4/c1-3-9(2)16-12(18)6-7-15-14(21)17-11-5-4-10(8-11)13(19)20/h9-11H,3-8H2,1-2H3,(H,16,18)(H,19,20)(H2,15,17,21). The molecule has 7 heteroatoms. The van der Waals surface area contributed by atoms with Gasteiger partial charge in [0.25, 0.3) is 0 Å². The molecule has 3 atom stereocenters. The van der Waals surface area contributed by atoms with Gasteiger partial charge in [-0.05, 0) is 32.6 Å². The van der Waals surface area contributed by atoms with E-state index in [-0.39, 0.29) is 42.9 Å². The number of hydrogen-bond acceptors (Lipinski definition) is 3. The van der Waals surface area contributed by atoms with Crippen molar-refractivity contribution in [2.45, 2.75) is 58.0 Å². The Morgan fingerprint density at radius 2 is 2.00 bits per heavy atom. The molecule has 0 aromatic carbocycles. The Morgan fingerprint density at radius 3 is 2.57 bits per heavy atom. The van der Waals surface area contributed by atoms with Crippen LogP contribution >= 0.6 is 0 Å². The normalized spacial score (nSPS) is 22.4. The van der Waals surface area contributed by atoms with Crippen molar-refractivity contribution in [1.82, 2.24) is 16.0 Å². The van der Waals surface area contributed by atoms with E-state index >= 15 is 0 Å². The first-order valence-corrected chi connectivity index (χ1v) is 7.48. The Hall–Kier alpha value is -1.79. The highest BCUT2D eigenvalue weighted by molar-refractivity contribution is 5.78. The van der Waals surface area contributed by atoms with E-state index in [1.54, 1.807) is 0 Å². The smallest absolute Gasteiger partial charge is 0.315 e. The first kappa shape index (κ1) is 17.3. The van der Waals surface area contributed by atoms with E-state index in [0.29, 0.717) is 19.3 Å². The zero-order chi connectivity index (χ0) is 15.8. The lowest BCUT2D eigenvalue weighted by Crippen LogP contribution is -2.42. The molecular formula is C14H25N3O4. The predicted octanol–water partition coefficient (Wildman–Crippen LogP) is 0.844. The van der Waals surface area contributed by atoms with Crippen molar-refractivity contribution in [3.8, 4) is 0 Å². The minimum Gasteiger partial charge on any atom is -0.481 e. The molecule has 0 heterocycles. The van der Waals surface area contributed by atoms with Gasteiger partial charge in [-0.25, -0.2) is 4.79 Å². The Balaban J connectivity index is 2.15. The summed E-state index contributed by atoms with van der Waals surface area (Å²) < 4.78 is 0. The zero-order valence-electron chi connectivity index (χ0n) is 12.6. The van der Waals surface area contributed by atoms with E-state index in [0.717, 1.165) is 6.42 Å². The quantitative estimate of drug-likeness (QED) is 0.559. The fourth-order valence-electron chi connectivity index (χ4n) is 2.31. The number of amides is 3. The number of carbonyl (C=O) groups excluding carboxylic acids is 2. The molecular weight excluding hydrogens is 274 g/mol. The van der Waals surface area contributed by atoms with Gasteiger partial charge >= 0.3 is 12.0 Å². The van der Waals surface area contributed by atoms with Gasteiger partial charge in [-0.1, -0.05) is 6.92 Å². The van der Waals surface area contributed by atoms with E-state index in [4.69, 9.17) is 5.11 Å². The van der Waals surface area contributed by atoms with Gasteiger partial charge in [-0.15, -0.1) is 0 Å². The van der Waals surface area contributed by atoms with Crippen molar-refractivity contribution in [3.05, 3.63) is 0 Å². The van der Waals surface area contributed by atoms with Gasteiger partial charge in [-0.3, -0.25) is 9.59 Å². The lowest BCUT2D eigenvalue weighted by Gasteiger charge is -2.14. The SMILES string of the molecule is CCC(C)NC(=O)CCNC(=O)NC1CCC(C(=O)O)C1. The fraction of sp³-hybridized carbons (Fsp3) is 0.786. The Bertz CT molecular complexity index is 386. The summed E-state index contributed by atoms with van der Waals surface area (Å²) in [5, 5.41) is 17.1. The van der Waals surface area contributed by atoms with Crippen molar-refractivity contribution in [1.29, 1.82) is 0 Å². The molecule has 0 radical (unpaired) electrons. The van der Waals surface area contributed by atoms with Gasteiger partial charge < -0.3 is 21.1 Å². The average molecular weight is 299 g/mol. The third kappa shape index (κ3) is 6.46. The number of carboxylic acid groups (broad SMARTS) is 1. The van der Waals surface area contributed by atoms with Crippen molar-refractivity contribution in [3.63, 3.8) is 0 Å². The van der Waals surface area contributed by atoms with Crippen molar-refractivity contribution < 1.29 is 19.5 Å². The third-order valence-corrected chi connectivity index (χ3v) is 3.77. The van der Waals surface area contributed by atoms with Crippen LogP contribution in [0.3, 0.4) is 0 Å². The second-order valence-corrected chi connectivity index (χ2v) is 5.57. The molecule has 120 valence electrons. The van der Waals surface area contributed by atoms with Gasteiger partial charge in [-0.2, -0.15) is 0 Å². The molecule has 0 aliphatic heterocycles. The highest BCUT2D eigenvalue weighted by Gasteiger charge is 2.30. The molecule has 1 fully saturated rings. The molecule has 1 rings (SSSR count). The molecule has 0 spiro atoms. The number of carboxylic acids is 1. The van der Waals surface area contributed by atoms with Crippen LogP contribution in [-0.4, -0.2) is 41.6 Å². The van der Waals surface area contributed by atoms with Crippen LogP contribution in [0.25, 0.3) is 0 Å². The van der Waals surface area contributed by atoms with Crippen molar-refractivity contribution >= 4 is 17.9 Å². The highest BCUT2D eigenvalue weighted by Crippen LogP contribution is 2.25. The van der Waals surface area contributed by atoms with Crippen LogP contribution in [0.5, 0.6) is 0 Å². The molecule has 0 aromatic rings. The predicted molar refractivity (Wildman–Crippen MR) is 77.8 cm³/mol. The second-order valence-electron chi connectivity index (χ2n) is 5.57. The Labute approximate surface area is 124 Å². The van der Waals surface area contributed by atoms with Crippen LogP contribution in [0.4, 0.5) is 4.79 Å². The second kappa shape index (κ2) is 8.49. The Morgan fingerprint density at radius 1 is 1.29 bits per heavy atom. The maximum absolute atomic E-state index is 11.6. The molecule has 0 saturated heterocycles. The molecule has 0 aromatic heterocycles. The van der Waals surface area contributed by atoms with Gasteiger partial charge in [0.05, 0.1) is 5.92 Å². The van der Waals surface area contributed by atoms with E-state index in [9.17, 15) is 14.4 Å². The first-order valence-electron chi connectivity index (χ1n) is 7.48. The maximum Gasteiger partial charge on any atom is 0.315 e. The van der Waals surface area contributed by atoms with E-state index < -0.39 is 5.97 Å². The summed E-state index contributed by atoms with van der Waals surface area (Å²) in [5.41, 5.74) is 0. The molecule has 1 aliphatic rings. The molecule has 21 heavy (non-hydrogen) atoms. The van der Waals surface area contributed by atoms with E-state index in [1.165, 1.54) is 0 Å². The molecule has 0 bridgehead atoms. The van der Waals surface area contributed by atoms with Crippen LogP contribution in [0, 0.1) is 5.92 Å². The van der Waals surface area contributed by atoms with Crippen molar-refractivity contribution in [2.75, 3.05) is 6.54 Å². The largest absolute Gasteiger partial charge is 0.481 e. The van der Waals surface area contributed by atoms with Crippen LogP contribution in [-0.2, 0) is 9.59 Å². The lowest BCUT2D eigenvalue weighted by atomic mass is 10.1. The number of carbonyl (C=O) groups is 3. The number of urea groups is 1. The van der Waals surface area contributed by atoms with Crippen molar-refractivity contribution in [2.24, 2.45) is 5.92 Å². The summed E-state index contributed by atoms with van der Waals surface area (Å²) in [4.78, 5) is 34.0. The average Bonchev–Trinajstić information content (AvgIpc) is 2.87. The summed E-state index contributed by atoms with van der Waals surface area (Å²) in [5.74, 6) is -1.26. The summed E-state index contributed by atoms with van der Waals surface area (Å²) in [6.45, 7) is 4.18. The molecule has 3 amide bonds. The molecule has 1 saturated carbocycles. The van der Waals surface area contributed by atoms with Gasteiger partial charge in [0.2, 0.25) is 5.91 Å². The maximum atomic E-state index is 11.6. The number of nitrogens with one attached hydrogen (secondary N) is 3. The number of hydrogen-bond donors (Lipinski definition) is 4. The van der Waals surface area contributed by atoms with Gasteiger partial charge in [0.1, 0.15) is 0 Å². The number of rotatable bonds is 7. The van der Waals surface area contributed by atoms with E-state index in [2.05, 4.69) is 16.0 Å². The molecule has 7 nitrogen and oxygen atoms in total. The Kier molecular flexibility index (Phi) is 6.98. The minimum atomic E-state index is -0.804.